The standard InChI is InChI=1S/C71H114N26O17S2/c1-5-37(3)54(95-58(105)43(21-13-25-83-68(75)76)88-50(98)32-86-51(99)34-97(66(114)71(81)30-40-18-10-11-19-41(40)31-71)52(100)33-87-57(104)48(35-115)93-56(103)42(72)20-12-24-82-67(73)74)63(110)92-47(29-53(101)102)61(108)89-44(22-14-26-84-69(77)78)59(106)96-55(38(4)6-2)64(111)94-49(36-116)62(109)91-46(28-39-16-8-7-9-17-39)60(107)90-45(65(112)113)23-15-27-85-70(79)80/h7-11,16-19,37-38,42-49,54-55,115-116H,5-6,12-15,20-36,72,81H2,1-4H3,(H,86,99)(H,87,104)(H,88,98)(H,89,108)(H,90,107)(H,91,109)(H,92,110)(H,93,103)(H,94,111)(H,95,105)(H,96,106)(H,101,102)(H,112,113)(H4,73,74,82)(H4,75,76,83)(H4,77,78,84)(H4,79,80,85)/t37-,38-,42-,43-,44-,45-,46-,47-,48-,49-,54-,55-/m0/s1. The molecule has 0 saturated heterocycles. The van der Waals surface area contributed by atoms with Gasteiger partial charge >= 0.3 is 11.9 Å². The van der Waals surface area contributed by atoms with E-state index in [0.717, 1.165) is 0 Å². The summed E-state index contributed by atoms with van der Waals surface area (Å²) >= 11 is 8.46. The summed E-state index contributed by atoms with van der Waals surface area (Å²) in [4.78, 5) is 208. The second kappa shape index (κ2) is 50.6. The van der Waals surface area contributed by atoms with E-state index in [4.69, 9.17) is 56.0 Å². The van der Waals surface area contributed by atoms with Crippen molar-refractivity contribution >= 4 is 138 Å². The Morgan fingerprint density at radius 1 is 0.457 bits per heavy atom. The predicted octanol–water partition coefficient (Wildman–Crippen LogP) is -7.43. The quantitative estimate of drug-likeness (QED) is 0.0127. The van der Waals surface area contributed by atoms with E-state index in [1.165, 1.54) is 6.92 Å². The third-order valence-corrected chi connectivity index (χ3v) is 19.3. The summed E-state index contributed by atoms with van der Waals surface area (Å²) in [5, 5.41) is 87.3. The second-order valence-electron chi connectivity index (χ2n) is 27.8. The molecule has 1 aliphatic rings. The first-order valence-corrected chi connectivity index (χ1v) is 38.8. The zero-order chi connectivity index (χ0) is 86.9. The number of nitrogens with two attached hydrogens (primary N) is 6. The van der Waals surface area contributed by atoms with Gasteiger partial charge < -0.3 is 124 Å². The lowest BCUT2D eigenvalue weighted by atomic mass is 9.95. The van der Waals surface area contributed by atoms with Gasteiger partial charge in [0.25, 0.3) is 0 Å². The molecule has 0 heterocycles. The molecule has 2 aromatic rings. The summed E-state index contributed by atoms with van der Waals surface area (Å²) in [5.41, 5.74) is 34.4. The molecule has 33 N–H and O–H groups in total. The van der Waals surface area contributed by atoms with Gasteiger partial charge in [-0.15, -0.1) is 0 Å². The van der Waals surface area contributed by atoms with E-state index in [9.17, 15) is 82.1 Å². The predicted molar refractivity (Wildman–Crippen MR) is 432 cm³/mol. The Morgan fingerprint density at radius 3 is 1.30 bits per heavy atom. The van der Waals surface area contributed by atoms with Crippen LogP contribution in [0, 0.1) is 33.5 Å². The number of carboxylic acid groups (broad SMARTS) is 2. The molecule has 0 bridgehead atoms. The fraction of sp³-hybridized carbons (Fsp3) is 0.563. The molecule has 0 radical (unpaired) electrons. The van der Waals surface area contributed by atoms with Gasteiger partial charge in [-0.3, -0.25) is 93.7 Å². The summed E-state index contributed by atoms with van der Waals surface area (Å²) < 4.78 is 0. The molecule has 43 nitrogen and oxygen atoms in total. The van der Waals surface area contributed by atoms with Gasteiger partial charge in [0.15, 0.2) is 23.8 Å². The van der Waals surface area contributed by atoms with Gasteiger partial charge in [0.05, 0.1) is 25.6 Å². The number of hydrogen-bond acceptors (Lipinski definition) is 23. The average molecular weight is 1670 g/mol. The summed E-state index contributed by atoms with van der Waals surface area (Å²) in [6.45, 7) is 3.77. The minimum absolute atomic E-state index is 0.0132. The zero-order valence-corrected chi connectivity index (χ0v) is 67.0. The number of imide groups is 1. The maximum atomic E-state index is 14.6. The maximum Gasteiger partial charge on any atom is 0.326 e. The minimum Gasteiger partial charge on any atom is -0.481 e. The van der Waals surface area contributed by atoms with Crippen LogP contribution in [0.5, 0.6) is 0 Å². The number of thiol groups is 2. The fourth-order valence-corrected chi connectivity index (χ4v) is 12.3. The van der Waals surface area contributed by atoms with Crippen molar-refractivity contribution in [3.05, 3.63) is 71.3 Å². The molecule has 116 heavy (non-hydrogen) atoms. The van der Waals surface area contributed by atoms with Crippen LogP contribution >= 0.6 is 25.3 Å². The molecular formula is C71H114N26O17S2. The number of hydrogen-bond donors (Lipinski definition) is 29. The van der Waals surface area contributed by atoms with Crippen molar-refractivity contribution < 1.29 is 82.1 Å². The smallest absolute Gasteiger partial charge is 0.326 e. The number of carbonyl (C=O) groups excluding carboxylic acids is 13. The van der Waals surface area contributed by atoms with Crippen molar-refractivity contribution in [1.29, 1.82) is 21.6 Å². The third kappa shape index (κ3) is 35.0. The summed E-state index contributed by atoms with van der Waals surface area (Å²) in [6.07, 6.45) is -1.04. The van der Waals surface area contributed by atoms with Gasteiger partial charge in [0.1, 0.15) is 66.5 Å². The van der Waals surface area contributed by atoms with Crippen LogP contribution in [-0.4, -0.2) is 251 Å². The highest BCUT2D eigenvalue weighted by Crippen LogP contribution is 2.30. The second-order valence-corrected chi connectivity index (χ2v) is 28.5. The third-order valence-electron chi connectivity index (χ3n) is 18.6. The van der Waals surface area contributed by atoms with Gasteiger partial charge in [-0.25, -0.2) is 4.79 Å². The number of guanidine groups is 4. The molecule has 0 aromatic heterocycles. The summed E-state index contributed by atoms with van der Waals surface area (Å²) in [5.74, 6) is -20.0. The molecule has 12 atom stereocenters. The van der Waals surface area contributed by atoms with Crippen LogP contribution in [0.3, 0.4) is 0 Å². The normalized spacial score (nSPS) is 14.9. The first-order chi connectivity index (χ1) is 54.8. The summed E-state index contributed by atoms with van der Waals surface area (Å²) in [7, 11) is 0. The van der Waals surface area contributed by atoms with Crippen molar-refractivity contribution in [3.8, 4) is 0 Å². The molecule has 0 aliphatic heterocycles. The number of carboxylic acids is 2. The molecule has 3 rings (SSSR count). The number of amides is 13. The van der Waals surface area contributed by atoms with Gasteiger partial charge in [0, 0.05) is 56.9 Å². The Labute approximate surface area is 681 Å². The zero-order valence-electron chi connectivity index (χ0n) is 65.2. The lowest BCUT2D eigenvalue weighted by Gasteiger charge is -2.30. The van der Waals surface area contributed by atoms with Crippen LogP contribution in [0.15, 0.2) is 54.6 Å². The van der Waals surface area contributed by atoms with Crippen LogP contribution in [-0.2, 0) is 91.2 Å². The van der Waals surface area contributed by atoms with Crippen molar-refractivity contribution in [1.82, 2.24) is 84.7 Å². The van der Waals surface area contributed by atoms with E-state index in [-0.39, 0.29) is 127 Å². The molecular weight excluding hydrogens is 1550 g/mol. The lowest BCUT2D eigenvalue weighted by molar-refractivity contribution is -0.151. The Bertz CT molecular complexity index is 3770. The molecule has 2 aromatic carbocycles. The van der Waals surface area contributed by atoms with Gasteiger partial charge in [-0.05, 0) is 79.9 Å². The van der Waals surface area contributed by atoms with Crippen LogP contribution in [0.2, 0.25) is 0 Å². The van der Waals surface area contributed by atoms with Gasteiger partial charge in [-0.1, -0.05) is 95.1 Å². The molecule has 0 unspecified atom stereocenters. The molecule has 13 amide bonds. The molecule has 642 valence electrons. The monoisotopic (exact) mass is 1670 g/mol. The van der Waals surface area contributed by atoms with Crippen LogP contribution in [0.1, 0.15) is 115 Å². The van der Waals surface area contributed by atoms with Crippen LogP contribution < -0.4 is 114 Å². The first-order valence-electron chi connectivity index (χ1n) is 37.5. The highest BCUT2D eigenvalue weighted by atomic mass is 32.1. The van der Waals surface area contributed by atoms with E-state index in [0.29, 0.717) is 28.0 Å². The highest BCUT2D eigenvalue weighted by Gasteiger charge is 2.45. The first kappa shape index (κ1) is 98.6. The van der Waals surface area contributed by atoms with Crippen molar-refractivity contribution in [2.24, 2.45) is 46.2 Å². The van der Waals surface area contributed by atoms with Crippen LogP contribution in [0.25, 0.3) is 0 Å². The SMILES string of the molecule is CC[C@H](C)[C@H](NC(=O)[C@H](CCCNC(=N)N)NC(=O)CNC(=O)CN(C(=O)CNC(=O)[C@H](CS)NC(=O)[C@@H](N)CCCNC(=N)N)C(=O)C1(N)Cc2ccccc2C1)C(=O)N[C@@H](CC(=O)O)C(=O)N[C@@H](CCCNC(=N)N)C(=O)N[C@H](C(=O)N[C@@H](CS)C(=O)N[C@@H](Cc1ccccc1)C(=O)N[C@@H](CCCNC(=N)N)C(=O)O)[C@@H](C)CC. The highest BCUT2D eigenvalue weighted by molar-refractivity contribution is 7.80. The van der Waals surface area contributed by atoms with Crippen molar-refractivity contribution in [3.63, 3.8) is 0 Å². The number of carbonyl (C=O) groups is 15. The van der Waals surface area contributed by atoms with Crippen LogP contribution in [0.4, 0.5) is 0 Å². The topological polar surface area (TPSA) is 732 Å². The number of fused-ring (bicyclic) bond motifs is 1. The number of benzene rings is 2. The van der Waals surface area contributed by atoms with Gasteiger partial charge in [0.2, 0.25) is 76.8 Å². The Morgan fingerprint density at radius 2 is 0.845 bits per heavy atom. The lowest BCUT2D eigenvalue weighted by Crippen LogP contribution is -2.62. The maximum absolute atomic E-state index is 14.6. The fourth-order valence-electron chi connectivity index (χ4n) is 11.8. The van der Waals surface area contributed by atoms with E-state index in [2.05, 4.69) is 105 Å². The molecule has 0 spiro atoms. The molecule has 0 saturated carbocycles. The number of nitrogens with zero attached hydrogens (tertiary/aromatic N) is 1. The van der Waals surface area contributed by atoms with E-state index < -0.39 is 204 Å². The average Bonchev–Trinajstić information content (AvgIpc) is 1.62. The van der Waals surface area contributed by atoms with Crippen molar-refractivity contribution in [2.75, 3.05) is 57.3 Å². The Balaban J connectivity index is 1.89. The van der Waals surface area contributed by atoms with Crippen molar-refractivity contribution in [2.45, 2.75) is 184 Å². The molecule has 45 heteroatoms. The largest absolute Gasteiger partial charge is 0.481 e. The minimum atomic E-state index is -2.01. The van der Waals surface area contributed by atoms with E-state index >= 15 is 0 Å². The summed E-state index contributed by atoms with van der Waals surface area (Å²) in [6, 6.07) is 0.113. The molecule has 0 fully saturated rings. The Hall–Kier alpha value is -11.6. The number of rotatable bonds is 52. The van der Waals surface area contributed by atoms with E-state index in [1.54, 1.807) is 75.4 Å². The molecule has 1 aliphatic carbocycles. The Kier molecular flexibility index (Phi) is 43.0. The number of nitrogens with one attached hydrogen (secondary N) is 19. The van der Waals surface area contributed by atoms with E-state index in [1.807, 2.05) is 0 Å². The van der Waals surface area contributed by atoms with Gasteiger partial charge in [-0.2, -0.15) is 25.3 Å². The number of aliphatic carboxylic acids is 2.